The molecule has 0 radical (unpaired) electrons. The van der Waals surface area contributed by atoms with Crippen molar-refractivity contribution in [2.45, 2.75) is 25.2 Å². The van der Waals surface area contributed by atoms with Gasteiger partial charge in [0.25, 0.3) is 0 Å². The molecule has 1 saturated heterocycles. The molecule has 0 unspecified atom stereocenters. The van der Waals surface area contributed by atoms with Crippen molar-refractivity contribution in [1.29, 1.82) is 0 Å². The summed E-state index contributed by atoms with van der Waals surface area (Å²) in [6.45, 7) is 1.38. The van der Waals surface area contributed by atoms with Crippen LogP contribution in [0.15, 0.2) is 42.5 Å². The molecular weight excluding hydrogens is 358 g/mol. The summed E-state index contributed by atoms with van der Waals surface area (Å²) in [5.74, 6) is 0.690. The molecule has 1 aliphatic heterocycles. The number of hydrogen-bond donors (Lipinski definition) is 1. The zero-order chi connectivity index (χ0) is 20.1. The molecule has 1 fully saturated rings. The first-order valence-electron chi connectivity index (χ1n) is 9.33. The Morgan fingerprint density at radius 2 is 1.86 bits per heavy atom. The lowest BCUT2D eigenvalue weighted by Gasteiger charge is -2.33. The maximum absolute atomic E-state index is 12.9. The Morgan fingerprint density at radius 1 is 1.11 bits per heavy atom. The monoisotopic (exact) mass is 383 g/mol. The van der Waals surface area contributed by atoms with Gasteiger partial charge in [-0.3, -0.25) is 4.79 Å². The van der Waals surface area contributed by atoms with Crippen molar-refractivity contribution in [3.05, 3.63) is 59.2 Å². The highest BCUT2D eigenvalue weighted by Crippen LogP contribution is 2.29. The Morgan fingerprint density at radius 3 is 2.50 bits per heavy atom. The van der Waals surface area contributed by atoms with Crippen LogP contribution in [0.1, 0.15) is 40.2 Å². The molecule has 3 rings (SSSR count). The predicted molar refractivity (Wildman–Crippen MR) is 105 cm³/mol. The van der Waals surface area contributed by atoms with Crippen LogP contribution < -0.4 is 9.47 Å². The van der Waals surface area contributed by atoms with Gasteiger partial charge in [0.15, 0.2) is 0 Å². The topological polar surface area (TPSA) is 76.1 Å². The second kappa shape index (κ2) is 8.78. The Balaban J connectivity index is 1.68. The van der Waals surface area contributed by atoms with Crippen molar-refractivity contribution in [2.24, 2.45) is 0 Å². The lowest BCUT2D eigenvalue weighted by Crippen LogP contribution is -2.40. The lowest BCUT2D eigenvalue weighted by molar-refractivity contribution is -0.131. The van der Waals surface area contributed by atoms with Crippen molar-refractivity contribution in [3.8, 4) is 11.5 Å². The fourth-order valence-electron chi connectivity index (χ4n) is 3.65. The molecule has 28 heavy (non-hydrogen) atoms. The van der Waals surface area contributed by atoms with Crippen LogP contribution in [0, 0.1) is 0 Å². The number of piperidine rings is 1. The minimum Gasteiger partial charge on any atom is -0.497 e. The van der Waals surface area contributed by atoms with Gasteiger partial charge in [0.05, 0.1) is 26.2 Å². The second-order valence-corrected chi connectivity index (χ2v) is 6.96. The average molecular weight is 383 g/mol. The van der Waals surface area contributed by atoms with Crippen LogP contribution >= 0.6 is 0 Å². The molecule has 0 aromatic heterocycles. The molecular formula is C22H25NO5. The highest BCUT2D eigenvalue weighted by molar-refractivity contribution is 5.87. The summed E-state index contributed by atoms with van der Waals surface area (Å²) in [7, 11) is 3.18. The van der Waals surface area contributed by atoms with E-state index < -0.39 is 5.97 Å². The third-order valence-corrected chi connectivity index (χ3v) is 5.24. The SMILES string of the molecule is COc1ccc(CC(=O)N2CCC[C@@H](c3ccc(C(=O)O)cc3)C2)c(OC)c1. The van der Waals surface area contributed by atoms with E-state index in [2.05, 4.69) is 0 Å². The standard InChI is InChI=1S/C22H25NO5/c1-27-19-10-9-17(20(13-19)28-2)12-21(24)23-11-3-4-18(14-23)15-5-7-16(8-6-15)22(25)26/h5-10,13,18H,3-4,11-12,14H2,1-2H3,(H,25,26)/t18-/m1/s1. The smallest absolute Gasteiger partial charge is 0.335 e. The van der Waals surface area contributed by atoms with E-state index in [9.17, 15) is 9.59 Å². The number of carbonyl (C=O) groups is 2. The number of nitrogens with zero attached hydrogens (tertiary/aromatic N) is 1. The van der Waals surface area contributed by atoms with E-state index >= 15 is 0 Å². The van der Waals surface area contributed by atoms with Gasteiger partial charge in [0.1, 0.15) is 11.5 Å². The number of rotatable bonds is 6. The number of carboxylic acids is 1. The van der Waals surface area contributed by atoms with Crippen molar-refractivity contribution < 1.29 is 24.2 Å². The third-order valence-electron chi connectivity index (χ3n) is 5.24. The minimum atomic E-state index is -0.930. The van der Waals surface area contributed by atoms with Gasteiger partial charge in [0, 0.05) is 30.6 Å². The van der Waals surface area contributed by atoms with Crippen molar-refractivity contribution >= 4 is 11.9 Å². The van der Waals surface area contributed by atoms with Gasteiger partial charge >= 0.3 is 5.97 Å². The zero-order valence-corrected chi connectivity index (χ0v) is 16.2. The van der Waals surface area contributed by atoms with Gasteiger partial charge in [0.2, 0.25) is 5.91 Å². The quantitative estimate of drug-likeness (QED) is 0.828. The molecule has 0 aliphatic carbocycles. The van der Waals surface area contributed by atoms with E-state index in [0.717, 1.165) is 30.5 Å². The second-order valence-electron chi connectivity index (χ2n) is 6.96. The number of ether oxygens (including phenoxy) is 2. The van der Waals surface area contributed by atoms with E-state index in [-0.39, 0.29) is 23.8 Å². The first-order chi connectivity index (χ1) is 13.5. The van der Waals surface area contributed by atoms with Crippen molar-refractivity contribution in [2.75, 3.05) is 27.3 Å². The van der Waals surface area contributed by atoms with Gasteiger partial charge in [-0.15, -0.1) is 0 Å². The molecule has 148 valence electrons. The molecule has 1 amide bonds. The van der Waals surface area contributed by atoms with Crippen LogP contribution in [0.25, 0.3) is 0 Å². The van der Waals surface area contributed by atoms with Gasteiger partial charge in [-0.05, 0) is 36.6 Å². The minimum absolute atomic E-state index is 0.0651. The summed E-state index contributed by atoms with van der Waals surface area (Å²) in [6, 6.07) is 12.4. The zero-order valence-electron chi connectivity index (χ0n) is 16.2. The Kier molecular flexibility index (Phi) is 6.19. The summed E-state index contributed by atoms with van der Waals surface area (Å²) in [5.41, 5.74) is 2.19. The summed E-state index contributed by atoms with van der Waals surface area (Å²) < 4.78 is 10.6. The summed E-state index contributed by atoms with van der Waals surface area (Å²) >= 11 is 0. The van der Waals surface area contributed by atoms with E-state index in [0.29, 0.717) is 18.0 Å². The van der Waals surface area contributed by atoms with Gasteiger partial charge in [-0.25, -0.2) is 4.79 Å². The van der Waals surface area contributed by atoms with Crippen LogP contribution in [-0.4, -0.2) is 49.2 Å². The van der Waals surface area contributed by atoms with Crippen LogP contribution in [0.2, 0.25) is 0 Å². The van der Waals surface area contributed by atoms with Gasteiger partial charge < -0.3 is 19.5 Å². The number of amides is 1. The first-order valence-corrected chi connectivity index (χ1v) is 9.33. The maximum atomic E-state index is 12.9. The number of likely N-dealkylation sites (tertiary alicyclic amines) is 1. The number of aromatic carboxylic acids is 1. The van der Waals surface area contributed by atoms with E-state index in [4.69, 9.17) is 14.6 Å². The molecule has 1 N–H and O–H groups in total. The van der Waals surface area contributed by atoms with Crippen molar-refractivity contribution in [3.63, 3.8) is 0 Å². The highest BCUT2D eigenvalue weighted by Gasteiger charge is 2.25. The number of carbonyl (C=O) groups excluding carboxylic acids is 1. The first kappa shape index (κ1) is 19.7. The molecule has 0 spiro atoms. The number of hydrogen-bond acceptors (Lipinski definition) is 4. The number of carboxylic acid groups (broad SMARTS) is 1. The van der Waals surface area contributed by atoms with E-state index in [1.54, 1.807) is 32.4 Å². The molecule has 6 nitrogen and oxygen atoms in total. The van der Waals surface area contributed by atoms with Crippen LogP contribution in [0.4, 0.5) is 0 Å². The number of methoxy groups -OCH3 is 2. The molecule has 0 bridgehead atoms. The normalized spacial score (nSPS) is 16.5. The van der Waals surface area contributed by atoms with E-state index in [1.807, 2.05) is 29.2 Å². The molecule has 2 aromatic rings. The largest absolute Gasteiger partial charge is 0.497 e. The molecule has 6 heteroatoms. The maximum Gasteiger partial charge on any atom is 0.335 e. The summed E-state index contributed by atoms with van der Waals surface area (Å²) in [4.78, 5) is 25.8. The Hall–Kier alpha value is -3.02. The Bertz CT molecular complexity index is 847. The highest BCUT2D eigenvalue weighted by atomic mass is 16.5. The molecule has 1 aliphatic rings. The fourth-order valence-corrected chi connectivity index (χ4v) is 3.65. The molecule has 1 atom stereocenters. The molecule has 0 saturated carbocycles. The third kappa shape index (κ3) is 4.44. The van der Waals surface area contributed by atoms with Crippen LogP contribution in [-0.2, 0) is 11.2 Å². The van der Waals surface area contributed by atoms with Gasteiger partial charge in [-0.2, -0.15) is 0 Å². The predicted octanol–water partition coefficient (Wildman–Crippen LogP) is 3.35. The van der Waals surface area contributed by atoms with Crippen LogP contribution in [0.3, 0.4) is 0 Å². The number of benzene rings is 2. The van der Waals surface area contributed by atoms with Crippen molar-refractivity contribution in [1.82, 2.24) is 4.90 Å². The average Bonchev–Trinajstić information content (AvgIpc) is 2.74. The summed E-state index contributed by atoms with van der Waals surface area (Å²) in [5, 5.41) is 9.05. The molecule has 2 aromatic carbocycles. The fraction of sp³-hybridized carbons (Fsp3) is 0.364. The van der Waals surface area contributed by atoms with Crippen LogP contribution in [0.5, 0.6) is 11.5 Å². The lowest BCUT2D eigenvalue weighted by atomic mass is 9.90. The molecule has 1 heterocycles. The van der Waals surface area contributed by atoms with Gasteiger partial charge in [-0.1, -0.05) is 18.2 Å². The Labute approximate surface area is 164 Å². The van der Waals surface area contributed by atoms with E-state index in [1.165, 1.54) is 0 Å². The summed E-state index contributed by atoms with van der Waals surface area (Å²) in [6.07, 6.45) is 2.19.